The van der Waals surface area contributed by atoms with E-state index in [1.165, 1.54) is 0 Å². The molecule has 0 saturated heterocycles. The van der Waals surface area contributed by atoms with Crippen LogP contribution in [0.2, 0.25) is 0 Å². The lowest BCUT2D eigenvalue weighted by molar-refractivity contribution is 0.0687. The highest BCUT2D eigenvalue weighted by atomic mass is 16.4. The summed E-state index contributed by atoms with van der Waals surface area (Å²) in [6, 6.07) is 10.7. The van der Waals surface area contributed by atoms with Crippen molar-refractivity contribution in [3.8, 4) is 0 Å². The second kappa shape index (κ2) is 5.70. The van der Waals surface area contributed by atoms with Crippen LogP contribution in [0.5, 0.6) is 0 Å². The quantitative estimate of drug-likeness (QED) is 0.542. The van der Waals surface area contributed by atoms with Gasteiger partial charge in [0.05, 0.1) is 22.3 Å². The molecule has 136 valence electrons. The molecule has 7 nitrogen and oxygen atoms in total. The second-order valence-corrected chi connectivity index (χ2v) is 6.66. The van der Waals surface area contributed by atoms with Gasteiger partial charge >= 0.3 is 11.9 Å². The van der Waals surface area contributed by atoms with Crippen LogP contribution in [0.25, 0.3) is 27.1 Å². The number of anilines is 1. The van der Waals surface area contributed by atoms with Gasteiger partial charge in [-0.25, -0.2) is 14.1 Å². The van der Waals surface area contributed by atoms with Crippen LogP contribution in [0.1, 0.15) is 26.4 Å². The number of hydrogen-bond donors (Lipinski definition) is 2. The van der Waals surface area contributed by atoms with E-state index < -0.39 is 11.9 Å². The van der Waals surface area contributed by atoms with Crippen LogP contribution < -0.4 is 4.90 Å². The first-order valence-corrected chi connectivity index (χ1v) is 8.33. The minimum atomic E-state index is -1.05. The number of aromatic carboxylic acids is 2. The van der Waals surface area contributed by atoms with Gasteiger partial charge in [-0.1, -0.05) is 24.3 Å². The Morgan fingerprint density at radius 2 is 1.74 bits per heavy atom. The van der Waals surface area contributed by atoms with Crippen LogP contribution in [0.3, 0.4) is 0 Å². The second-order valence-electron chi connectivity index (χ2n) is 6.66. The van der Waals surface area contributed by atoms with E-state index in [0.717, 1.165) is 5.39 Å². The molecule has 4 rings (SSSR count). The first kappa shape index (κ1) is 16.8. The zero-order valence-electron chi connectivity index (χ0n) is 15.0. The molecular weight excluding hydrogens is 346 g/mol. The van der Waals surface area contributed by atoms with Crippen molar-refractivity contribution in [3.05, 3.63) is 53.2 Å². The minimum absolute atomic E-state index is 0.143. The molecule has 2 heterocycles. The monoisotopic (exact) mass is 363 g/mol. The number of aryl methyl sites for hydroxylation is 1. The van der Waals surface area contributed by atoms with Gasteiger partial charge in [-0.15, -0.1) is 5.10 Å². The third-order valence-electron chi connectivity index (χ3n) is 4.83. The molecule has 0 fully saturated rings. The number of rotatable bonds is 3. The highest BCUT2D eigenvalue weighted by Gasteiger charge is 2.23. The lowest BCUT2D eigenvalue weighted by atomic mass is 9.97. The molecular formula is C20H17N3O4. The summed E-state index contributed by atoms with van der Waals surface area (Å²) in [5.74, 6) is -1.62. The third-order valence-corrected chi connectivity index (χ3v) is 4.83. The Kier molecular flexibility index (Phi) is 3.56. The third kappa shape index (κ3) is 2.32. The fourth-order valence-electron chi connectivity index (χ4n) is 3.60. The van der Waals surface area contributed by atoms with Crippen LogP contribution in [0.15, 0.2) is 36.4 Å². The molecule has 0 saturated carbocycles. The molecule has 2 aromatic heterocycles. The fourth-order valence-corrected chi connectivity index (χ4v) is 3.60. The van der Waals surface area contributed by atoms with Crippen molar-refractivity contribution in [1.29, 1.82) is 0 Å². The summed E-state index contributed by atoms with van der Waals surface area (Å²) in [5, 5.41) is 26.6. The number of hydrogen-bond acceptors (Lipinski definition) is 4. The number of carboxylic acid groups (broad SMARTS) is 2. The van der Waals surface area contributed by atoms with Gasteiger partial charge in [0.2, 0.25) is 0 Å². The Bertz CT molecular complexity index is 1270. The predicted octanol–water partition coefficient (Wildman–Crippen LogP) is 3.41. The van der Waals surface area contributed by atoms with E-state index in [4.69, 9.17) is 0 Å². The smallest absolute Gasteiger partial charge is 0.337 e. The molecule has 0 unspecified atom stereocenters. The van der Waals surface area contributed by atoms with Gasteiger partial charge in [-0.2, -0.15) is 0 Å². The molecule has 4 aromatic rings. The van der Waals surface area contributed by atoms with E-state index in [1.807, 2.05) is 18.2 Å². The number of fused-ring (bicyclic) bond motifs is 4. The molecule has 0 aliphatic rings. The first-order chi connectivity index (χ1) is 12.8. The number of carboxylic acids is 2. The SMILES string of the molecule is Cc1c(C(=O)O)cc2c3cc4ccccc4c(C(=O)O)c3c(N(C)C)nn12. The number of nitrogens with zero attached hydrogens (tertiary/aromatic N) is 3. The highest BCUT2D eigenvalue weighted by Crippen LogP contribution is 2.36. The Balaban J connectivity index is 2.35. The van der Waals surface area contributed by atoms with Crippen LogP contribution in [-0.4, -0.2) is 45.9 Å². The van der Waals surface area contributed by atoms with Crippen LogP contribution >= 0.6 is 0 Å². The molecule has 0 spiro atoms. The van der Waals surface area contributed by atoms with E-state index >= 15 is 0 Å². The van der Waals surface area contributed by atoms with Gasteiger partial charge in [-0.05, 0) is 29.8 Å². The molecule has 0 atom stereocenters. The molecule has 0 bridgehead atoms. The predicted molar refractivity (Wildman–Crippen MR) is 103 cm³/mol. The first-order valence-electron chi connectivity index (χ1n) is 8.33. The van der Waals surface area contributed by atoms with E-state index in [1.54, 1.807) is 48.6 Å². The van der Waals surface area contributed by atoms with Gasteiger partial charge in [-0.3, -0.25) is 0 Å². The average Bonchev–Trinajstić information content (AvgIpc) is 2.96. The van der Waals surface area contributed by atoms with Crippen LogP contribution in [0, 0.1) is 6.92 Å². The number of carbonyl (C=O) groups is 2. The van der Waals surface area contributed by atoms with Gasteiger partial charge in [0.25, 0.3) is 0 Å². The van der Waals surface area contributed by atoms with Crippen molar-refractivity contribution in [2.24, 2.45) is 0 Å². The molecule has 0 aliphatic heterocycles. The molecule has 2 aromatic carbocycles. The molecule has 27 heavy (non-hydrogen) atoms. The summed E-state index contributed by atoms with van der Waals surface area (Å²) in [6.07, 6.45) is 0. The lowest BCUT2D eigenvalue weighted by Crippen LogP contribution is -2.15. The van der Waals surface area contributed by atoms with Crippen molar-refractivity contribution in [3.63, 3.8) is 0 Å². The Hall–Kier alpha value is -3.61. The van der Waals surface area contributed by atoms with Crippen molar-refractivity contribution in [2.75, 3.05) is 19.0 Å². The van der Waals surface area contributed by atoms with Crippen molar-refractivity contribution in [1.82, 2.24) is 9.61 Å². The van der Waals surface area contributed by atoms with E-state index in [0.29, 0.717) is 33.2 Å². The maximum Gasteiger partial charge on any atom is 0.337 e. The van der Waals surface area contributed by atoms with Crippen molar-refractivity contribution >= 4 is 44.8 Å². The Morgan fingerprint density at radius 1 is 1.04 bits per heavy atom. The fraction of sp³-hybridized carbons (Fsp3) is 0.150. The highest BCUT2D eigenvalue weighted by molar-refractivity contribution is 6.21. The summed E-state index contributed by atoms with van der Waals surface area (Å²) in [5.41, 5.74) is 1.37. The Labute approximate surface area is 154 Å². The molecule has 0 aliphatic carbocycles. The minimum Gasteiger partial charge on any atom is -0.478 e. The molecule has 0 radical (unpaired) electrons. The van der Waals surface area contributed by atoms with E-state index in [9.17, 15) is 19.8 Å². The zero-order valence-corrected chi connectivity index (χ0v) is 15.0. The summed E-state index contributed by atoms with van der Waals surface area (Å²) in [4.78, 5) is 25.5. The summed E-state index contributed by atoms with van der Waals surface area (Å²) in [7, 11) is 3.57. The molecule has 2 N–H and O–H groups in total. The summed E-state index contributed by atoms with van der Waals surface area (Å²) >= 11 is 0. The standard InChI is InChI=1S/C20H17N3O4/c1-10-13(19(24)25)9-15-14-8-11-6-4-5-7-12(11)17(20(26)27)16(14)18(22(2)3)21-23(10)15/h4-9H,1-3H3,(H,24,25)(H,26,27). The molecule has 7 heteroatoms. The van der Waals surface area contributed by atoms with Crippen molar-refractivity contribution in [2.45, 2.75) is 6.92 Å². The maximum atomic E-state index is 12.2. The summed E-state index contributed by atoms with van der Waals surface area (Å²) < 4.78 is 1.57. The average molecular weight is 363 g/mol. The van der Waals surface area contributed by atoms with Gasteiger partial charge in [0, 0.05) is 24.9 Å². The van der Waals surface area contributed by atoms with Crippen LogP contribution in [-0.2, 0) is 0 Å². The number of aromatic nitrogens is 2. The number of benzene rings is 2. The van der Waals surface area contributed by atoms with Gasteiger partial charge in [0.15, 0.2) is 5.82 Å². The largest absolute Gasteiger partial charge is 0.478 e. The lowest BCUT2D eigenvalue weighted by Gasteiger charge is -2.18. The van der Waals surface area contributed by atoms with E-state index in [2.05, 4.69) is 5.10 Å². The maximum absolute atomic E-state index is 12.2. The zero-order chi connectivity index (χ0) is 19.5. The van der Waals surface area contributed by atoms with Gasteiger partial charge in [0.1, 0.15) is 0 Å². The summed E-state index contributed by atoms with van der Waals surface area (Å²) in [6.45, 7) is 1.69. The van der Waals surface area contributed by atoms with E-state index in [-0.39, 0.29) is 11.1 Å². The Morgan fingerprint density at radius 3 is 2.37 bits per heavy atom. The normalized spacial score (nSPS) is 11.4. The van der Waals surface area contributed by atoms with Crippen molar-refractivity contribution < 1.29 is 19.8 Å². The van der Waals surface area contributed by atoms with Crippen LogP contribution in [0.4, 0.5) is 5.82 Å². The topological polar surface area (TPSA) is 95.1 Å². The van der Waals surface area contributed by atoms with Gasteiger partial charge < -0.3 is 15.1 Å². The molecule has 0 amide bonds.